The molecule has 0 aliphatic heterocycles. The largest absolute Gasteiger partial charge is 0.489 e. The Labute approximate surface area is 223 Å². The molecule has 0 fully saturated rings. The number of hydrogen-bond acceptors (Lipinski definition) is 5. The van der Waals surface area contributed by atoms with E-state index in [0.717, 1.165) is 33.2 Å². The van der Waals surface area contributed by atoms with E-state index in [1.54, 1.807) is 20.1 Å². The molecule has 0 amide bonds. The molecule has 1 unspecified atom stereocenters. The van der Waals surface area contributed by atoms with Crippen molar-refractivity contribution in [1.82, 2.24) is 4.57 Å². The van der Waals surface area contributed by atoms with Crippen molar-refractivity contribution in [1.29, 1.82) is 0 Å². The molecule has 1 aromatic heterocycles. The molecule has 6 nitrogen and oxygen atoms in total. The zero-order valence-electron chi connectivity index (χ0n) is 22.4. The highest BCUT2D eigenvalue weighted by molar-refractivity contribution is 5.96. The van der Waals surface area contributed by atoms with E-state index in [9.17, 15) is 9.18 Å². The summed E-state index contributed by atoms with van der Waals surface area (Å²) in [4.78, 5) is 12.4. The van der Waals surface area contributed by atoms with E-state index >= 15 is 0 Å². The maximum atomic E-state index is 14.1. The monoisotopic (exact) mass is 518 g/mol. The van der Waals surface area contributed by atoms with Crippen LogP contribution in [0.5, 0.6) is 5.75 Å². The number of ether oxygens (including phenoxy) is 3. The number of fused-ring (bicyclic) bond motifs is 1. The number of methoxy groups -OCH3 is 1. The van der Waals surface area contributed by atoms with Crippen molar-refractivity contribution < 1.29 is 23.4 Å². The van der Waals surface area contributed by atoms with Crippen LogP contribution >= 0.6 is 0 Å². The van der Waals surface area contributed by atoms with Gasteiger partial charge in [0.1, 0.15) is 24.3 Å². The molecule has 0 radical (unpaired) electrons. The molecule has 2 N–H and O–H groups in total. The van der Waals surface area contributed by atoms with Crippen LogP contribution in [-0.2, 0) is 33.8 Å². The number of halogens is 1. The number of aromatic nitrogens is 1. The lowest BCUT2D eigenvalue weighted by Gasteiger charge is -2.16. The minimum absolute atomic E-state index is 0.104. The average molecular weight is 519 g/mol. The number of carbonyl (C=O) groups is 1. The molecular weight excluding hydrogens is 483 g/mol. The lowest BCUT2D eigenvalue weighted by molar-refractivity contribution is -0.149. The quantitative estimate of drug-likeness (QED) is 0.240. The average Bonchev–Trinajstić information content (AvgIpc) is 3.32. The van der Waals surface area contributed by atoms with Gasteiger partial charge in [-0.05, 0) is 85.5 Å². The number of carbonyl (C=O) groups excluding carboxylic acids is 1. The molecule has 0 bridgehead atoms. The topological polar surface area (TPSA) is 75.7 Å². The molecule has 4 rings (SSSR count). The summed E-state index contributed by atoms with van der Waals surface area (Å²) in [6.07, 6.45) is 1.60. The molecule has 7 heteroatoms. The van der Waals surface area contributed by atoms with Gasteiger partial charge in [-0.25, -0.2) is 4.39 Å². The Hall–Kier alpha value is -3.68. The van der Waals surface area contributed by atoms with Gasteiger partial charge in [0.25, 0.3) is 0 Å². The molecule has 3 aromatic carbocycles. The van der Waals surface area contributed by atoms with Gasteiger partial charge in [0.15, 0.2) is 0 Å². The van der Waals surface area contributed by atoms with Gasteiger partial charge >= 0.3 is 5.97 Å². The lowest BCUT2D eigenvalue weighted by Crippen LogP contribution is -2.21. The maximum Gasteiger partial charge on any atom is 0.310 e. The van der Waals surface area contributed by atoms with Crippen LogP contribution in [-0.4, -0.2) is 30.4 Å². The molecule has 38 heavy (non-hydrogen) atoms. The van der Waals surface area contributed by atoms with Crippen molar-refractivity contribution in [2.24, 2.45) is 5.73 Å². The second-order valence-electron chi connectivity index (χ2n) is 9.77. The Bertz CT molecular complexity index is 1410. The van der Waals surface area contributed by atoms with Gasteiger partial charge in [-0.2, -0.15) is 0 Å². The first-order valence-corrected chi connectivity index (χ1v) is 12.8. The number of hydrogen-bond donors (Lipinski definition) is 1. The van der Waals surface area contributed by atoms with Crippen molar-refractivity contribution in [3.05, 3.63) is 89.4 Å². The minimum atomic E-state index is -0.469. The van der Waals surface area contributed by atoms with Crippen molar-refractivity contribution >= 4 is 16.9 Å². The van der Waals surface area contributed by atoms with Crippen molar-refractivity contribution in [2.45, 2.75) is 52.5 Å². The normalized spacial score (nSPS) is 12.2. The van der Waals surface area contributed by atoms with E-state index in [2.05, 4.69) is 54.9 Å². The predicted octanol–water partition coefficient (Wildman–Crippen LogP) is 6.19. The number of nitrogens with two attached hydrogens (primary N) is 1. The van der Waals surface area contributed by atoms with Crippen LogP contribution in [0.25, 0.3) is 22.0 Å². The van der Waals surface area contributed by atoms with Gasteiger partial charge in [0.05, 0.1) is 13.0 Å². The van der Waals surface area contributed by atoms with Gasteiger partial charge < -0.3 is 24.5 Å². The third-order valence-corrected chi connectivity index (χ3v) is 6.41. The highest BCUT2D eigenvalue weighted by atomic mass is 19.1. The summed E-state index contributed by atoms with van der Waals surface area (Å²) >= 11 is 0. The Kier molecular flexibility index (Phi) is 8.81. The molecule has 0 spiro atoms. The summed E-state index contributed by atoms with van der Waals surface area (Å²) in [5, 5.41) is 1.15. The standard InChI is InChI=1S/C31H35FN2O4/c1-20(2)34-11-10-27-28(24-7-5-6-22(12-24)17-33)13-23(14-29(27)34)19-37-30-9-8-26(32)15-25(30)16-31(35)38-21(3)18-36-4/h5-15,20-21H,16-19,33H2,1-4H3. The highest BCUT2D eigenvalue weighted by Crippen LogP contribution is 2.33. The zero-order valence-corrected chi connectivity index (χ0v) is 22.4. The number of benzene rings is 3. The molecule has 0 saturated heterocycles. The summed E-state index contributed by atoms with van der Waals surface area (Å²) in [6.45, 7) is 7.04. The van der Waals surface area contributed by atoms with Gasteiger partial charge in [0, 0.05) is 42.4 Å². The van der Waals surface area contributed by atoms with E-state index < -0.39 is 17.9 Å². The first-order valence-electron chi connectivity index (χ1n) is 12.8. The summed E-state index contributed by atoms with van der Waals surface area (Å²) in [6, 6.07) is 19.1. The molecule has 0 saturated carbocycles. The van der Waals surface area contributed by atoms with E-state index in [-0.39, 0.29) is 25.7 Å². The fraction of sp³-hybridized carbons (Fsp3) is 0.323. The first-order chi connectivity index (χ1) is 18.3. The Morgan fingerprint density at radius 3 is 2.58 bits per heavy atom. The Morgan fingerprint density at radius 2 is 1.84 bits per heavy atom. The van der Waals surface area contributed by atoms with Crippen molar-refractivity contribution in [2.75, 3.05) is 13.7 Å². The third-order valence-electron chi connectivity index (χ3n) is 6.41. The van der Waals surface area contributed by atoms with Crippen LogP contribution in [0.15, 0.2) is 66.9 Å². The van der Waals surface area contributed by atoms with E-state index in [0.29, 0.717) is 17.9 Å². The smallest absolute Gasteiger partial charge is 0.310 e. The molecule has 4 aromatic rings. The van der Waals surface area contributed by atoms with Gasteiger partial charge in [-0.3, -0.25) is 4.79 Å². The van der Waals surface area contributed by atoms with Gasteiger partial charge in [-0.15, -0.1) is 0 Å². The van der Waals surface area contributed by atoms with Crippen molar-refractivity contribution in [3.8, 4) is 16.9 Å². The summed E-state index contributed by atoms with van der Waals surface area (Å²) in [7, 11) is 1.54. The number of nitrogens with zero attached hydrogens (tertiary/aromatic N) is 1. The molecule has 1 heterocycles. The van der Waals surface area contributed by atoms with Crippen molar-refractivity contribution in [3.63, 3.8) is 0 Å². The van der Waals surface area contributed by atoms with Crippen LogP contribution in [0, 0.1) is 5.82 Å². The summed E-state index contributed by atoms with van der Waals surface area (Å²) < 4.78 is 32.8. The van der Waals surface area contributed by atoms with Crippen LogP contribution in [0.2, 0.25) is 0 Å². The number of esters is 1. The van der Waals surface area contributed by atoms with E-state index in [1.807, 2.05) is 12.1 Å². The van der Waals surface area contributed by atoms with Gasteiger partial charge in [-0.1, -0.05) is 18.2 Å². The summed E-state index contributed by atoms with van der Waals surface area (Å²) in [5.41, 5.74) is 11.6. The van der Waals surface area contributed by atoms with Crippen LogP contribution < -0.4 is 10.5 Å². The Balaban J connectivity index is 1.65. The first kappa shape index (κ1) is 27.4. The number of rotatable bonds is 11. The molecule has 1 atom stereocenters. The van der Waals surface area contributed by atoms with Crippen LogP contribution in [0.4, 0.5) is 4.39 Å². The van der Waals surface area contributed by atoms with E-state index in [4.69, 9.17) is 19.9 Å². The fourth-order valence-corrected chi connectivity index (χ4v) is 4.64. The lowest BCUT2D eigenvalue weighted by atomic mass is 9.97. The zero-order chi connectivity index (χ0) is 27.2. The second-order valence-corrected chi connectivity index (χ2v) is 9.77. The maximum absolute atomic E-state index is 14.1. The van der Waals surface area contributed by atoms with E-state index in [1.165, 1.54) is 12.1 Å². The third kappa shape index (κ3) is 6.41. The summed E-state index contributed by atoms with van der Waals surface area (Å²) in [5.74, 6) is -0.472. The fourth-order valence-electron chi connectivity index (χ4n) is 4.64. The Morgan fingerprint density at radius 1 is 1.03 bits per heavy atom. The van der Waals surface area contributed by atoms with Crippen LogP contribution in [0.3, 0.4) is 0 Å². The molecule has 0 aliphatic carbocycles. The highest BCUT2D eigenvalue weighted by Gasteiger charge is 2.16. The molecule has 200 valence electrons. The van der Waals surface area contributed by atoms with Gasteiger partial charge in [0.2, 0.25) is 0 Å². The SMILES string of the molecule is COCC(C)OC(=O)Cc1cc(F)ccc1OCc1cc(-c2cccc(CN)c2)c2ccn(C(C)C)c2c1. The molecule has 0 aliphatic rings. The molecular formula is C31H35FN2O4. The minimum Gasteiger partial charge on any atom is -0.489 e. The second kappa shape index (κ2) is 12.2. The predicted molar refractivity (Wildman–Crippen MR) is 148 cm³/mol. The van der Waals surface area contributed by atoms with Crippen LogP contribution in [0.1, 0.15) is 43.5 Å².